The monoisotopic (exact) mass is 403 g/mol. The fraction of sp³-hybridized carbons (Fsp3) is 0.0870. The number of amides is 1. The Labute approximate surface area is 172 Å². The standard InChI is InChI=1S/C23H18ClN3O2/c24-18-12-10-16(11-13-18)14-25-21(28)15-27-23(29)20-9-5-4-8-19(20)22(26-27)17-6-2-1-3-7-17/h1-13H,14-15H2,(H,25,28). The molecule has 6 heteroatoms. The van der Waals surface area contributed by atoms with Gasteiger partial charge in [-0.25, -0.2) is 4.68 Å². The first-order chi connectivity index (χ1) is 14.1. The minimum absolute atomic E-state index is 0.156. The van der Waals surface area contributed by atoms with Crippen molar-refractivity contribution in [1.82, 2.24) is 15.1 Å². The van der Waals surface area contributed by atoms with Crippen molar-refractivity contribution in [3.05, 3.63) is 99.8 Å². The van der Waals surface area contributed by atoms with E-state index in [9.17, 15) is 9.59 Å². The van der Waals surface area contributed by atoms with Crippen LogP contribution in [0.3, 0.4) is 0 Å². The summed E-state index contributed by atoms with van der Waals surface area (Å²) in [7, 11) is 0. The number of carbonyl (C=O) groups excluding carboxylic acids is 1. The number of aromatic nitrogens is 2. The molecule has 0 spiro atoms. The number of halogens is 1. The van der Waals surface area contributed by atoms with Gasteiger partial charge in [-0.3, -0.25) is 9.59 Å². The summed E-state index contributed by atoms with van der Waals surface area (Å²) in [6, 6.07) is 24.2. The van der Waals surface area contributed by atoms with Crippen molar-refractivity contribution < 1.29 is 4.79 Å². The van der Waals surface area contributed by atoms with Crippen molar-refractivity contribution >= 4 is 28.3 Å². The van der Waals surface area contributed by atoms with E-state index in [4.69, 9.17) is 11.6 Å². The van der Waals surface area contributed by atoms with Crippen LogP contribution in [-0.2, 0) is 17.9 Å². The summed E-state index contributed by atoms with van der Waals surface area (Å²) < 4.78 is 1.22. The van der Waals surface area contributed by atoms with Gasteiger partial charge in [0, 0.05) is 22.5 Å². The van der Waals surface area contributed by atoms with Gasteiger partial charge in [-0.2, -0.15) is 5.10 Å². The van der Waals surface area contributed by atoms with E-state index in [-0.39, 0.29) is 18.0 Å². The SMILES string of the molecule is O=C(Cn1nc(-c2ccccc2)c2ccccc2c1=O)NCc1ccc(Cl)cc1. The molecule has 1 aromatic heterocycles. The van der Waals surface area contributed by atoms with Gasteiger partial charge in [0.05, 0.1) is 11.1 Å². The number of hydrogen-bond acceptors (Lipinski definition) is 3. The van der Waals surface area contributed by atoms with Crippen LogP contribution in [0.15, 0.2) is 83.7 Å². The third-order valence-electron chi connectivity index (χ3n) is 4.61. The summed E-state index contributed by atoms with van der Waals surface area (Å²) in [4.78, 5) is 25.3. The Morgan fingerprint density at radius 1 is 0.897 bits per heavy atom. The van der Waals surface area contributed by atoms with Crippen LogP contribution in [0, 0.1) is 0 Å². The fourth-order valence-electron chi connectivity index (χ4n) is 3.15. The predicted molar refractivity (Wildman–Crippen MR) is 115 cm³/mol. The highest BCUT2D eigenvalue weighted by atomic mass is 35.5. The van der Waals surface area contributed by atoms with Crippen molar-refractivity contribution in [2.45, 2.75) is 13.1 Å². The van der Waals surface area contributed by atoms with Gasteiger partial charge >= 0.3 is 0 Å². The first-order valence-electron chi connectivity index (χ1n) is 9.18. The lowest BCUT2D eigenvalue weighted by Crippen LogP contribution is -2.33. The van der Waals surface area contributed by atoms with E-state index in [1.165, 1.54) is 4.68 Å². The molecule has 5 nitrogen and oxygen atoms in total. The average Bonchev–Trinajstić information content (AvgIpc) is 2.76. The van der Waals surface area contributed by atoms with Crippen molar-refractivity contribution in [1.29, 1.82) is 0 Å². The van der Waals surface area contributed by atoms with Crippen LogP contribution < -0.4 is 10.9 Å². The number of fused-ring (bicyclic) bond motifs is 1. The van der Waals surface area contributed by atoms with E-state index in [2.05, 4.69) is 10.4 Å². The number of nitrogens with one attached hydrogen (secondary N) is 1. The lowest BCUT2D eigenvalue weighted by Gasteiger charge is -2.11. The van der Waals surface area contributed by atoms with Gasteiger partial charge in [-0.1, -0.05) is 72.3 Å². The molecule has 3 aromatic carbocycles. The zero-order valence-electron chi connectivity index (χ0n) is 15.5. The molecule has 1 N–H and O–H groups in total. The van der Waals surface area contributed by atoms with Gasteiger partial charge in [0.2, 0.25) is 5.91 Å². The summed E-state index contributed by atoms with van der Waals surface area (Å²) in [5.41, 5.74) is 2.19. The zero-order valence-corrected chi connectivity index (χ0v) is 16.3. The molecule has 4 rings (SSSR count). The summed E-state index contributed by atoms with van der Waals surface area (Å²) in [5.74, 6) is -0.288. The maximum atomic E-state index is 12.9. The van der Waals surface area contributed by atoms with Crippen molar-refractivity contribution in [2.75, 3.05) is 0 Å². The van der Waals surface area contributed by atoms with Gasteiger partial charge in [0.25, 0.3) is 5.56 Å². The van der Waals surface area contributed by atoms with Crippen molar-refractivity contribution in [3.8, 4) is 11.3 Å². The second kappa shape index (κ2) is 8.29. The first kappa shape index (κ1) is 18.9. The molecule has 0 radical (unpaired) electrons. The topological polar surface area (TPSA) is 64.0 Å². The van der Waals surface area contributed by atoms with Gasteiger partial charge in [0.1, 0.15) is 6.54 Å². The lowest BCUT2D eigenvalue weighted by atomic mass is 10.1. The smallest absolute Gasteiger partial charge is 0.275 e. The average molecular weight is 404 g/mol. The molecular weight excluding hydrogens is 386 g/mol. The summed E-state index contributed by atoms with van der Waals surface area (Å²) in [6.07, 6.45) is 0. The lowest BCUT2D eigenvalue weighted by molar-refractivity contribution is -0.122. The largest absolute Gasteiger partial charge is 0.350 e. The van der Waals surface area contributed by atoms with Crippen LogP contribution in [-0.4, -0.2) is 15.7 Å². The summed E-state index contributed by atoms with van der Waals surface area (Å²) in [5, 5.41) is 9.26. The second-order valence-electron chi connectivity index (χ2n) is 6.63. The molecule has 29 heavy (non-hydrogen) atoms. The minimum Gasteiger partial charge on any atom is -0.350 e. The van der Waals surface area contributed by atoms with Crippen molar-refractivity contribution in [3.63, 3.8) is 0 Å². The van der Waals surface area contributed by atoms with E-state index in [0.717, 1.165) is 16.5 Å². The van der Waals surface area contributed by atoms with Crippen molar-refractivity contribution in [2.24, 2.45) is 0 Å². The van der Waals surface area contributed by atoms with E-state index >= 15 is 0 Å². The number of nitrogens with zero attached hydrogens (tertiary/aromatic N) is 2. The number of rotatable bonds is 5. The molecule has 0 atom stereocenters. The molecule has 0 bridgehead atoms. The Balaban J connectivity index is 1.63. The van der Waals surface area contributed by atoms with Gasteiger partial charge in [-0.15, -0.1) is 0 Å². The molecule has 0 saturated carbocycles. The van der Waals surface area contributed by atoms with E-state index in [0.29, 0.717) is 22.6 Å². The third kappa shape index (κ3) is 4.20. The van der Waals surface area contributed by atoms with Gasteiger partial charge in [0.15, 0.2) is 0 Å². The van der Waals surface area contributed by atoms with E-state index < -0.39 is 0 Å². The molecule has 1 heterocycles. The van der Waals surface area contributed by atoms with Crippen LogP contribution in [0.5, 0.6) is 0 Å². The normalized spacial score (nSPS) is 10.8. The van der Waals surface area contributed by atoms with Crippen LogP contribution in [0.2, 0.25) is 5.02 Å². The molecule has 144 valence electrons. The molecule has 0 aliphatic rings. The van der Waals surface area contributed by atoms with Crippen LogP contribution in [0.1, 0.15) is 5.56 Å². The Morgan fingerprint density at radius 3 is 2.28 bits per heavy atom. The first-order valence-corrected chi connectivity index (χ1v) is 9.56. The Kier molecular flexibility index (Phi) is 5.40. The predicted octanol–water partition coefficient (Wildman–Crippen LogP) is 4.03. The minimum atomic E-state index is -0.290. The molecular formula is C23H18ClN3O2. The zero-order chi connectivity index (χ0) is 20.2. The number of hydrogen-bond donors (Lipinski definition) is 1. The summed E-state index contributed by atoms with van der Waals surface area (Å²) >= 11 is 5.88. The van der Waals surface area contributed by atoms with E-state index in [1.807, 2.05) is 60.7 Å². The highest BCUT2D eigenvalue weighted by Crippen LogP contribution is 2.24. The highest BCUT2D eigenvalue weighted by molar-refractivity contribution is 6.30. The maximum absolute atomic E-state index is 12.9. The summed E-state index contributed by atoms with van der Waals surface area (Å²) in [6.45, 7) is 0.195. The Bertz CT molecular complexity index is 1220. The Hall–Kier alpha value is -3.44. The number of carbonyl (C=O) groups is 1. The van der Waals surface area contributed by atoms with Crippen LogP contribution >= 0.6 is 11.6 Å². The quantitative estimate of drug-likeness (QED) is 0.547. The molecule has 0 aliphatic carbocycles. The molecule has 0 saturated heterocycles. The third-order valence-corrected chi connectivity index (χ3v) is 4.86. The maximum Gasteiger partial charge on any atom is 0.275 e. The molecule has 0 fully saturated rings. The van der Waals surface area contributed by atoms with Crippen LogP contribution in [0.4, 0.5) is 0 Å². The highest BCUT2D eigenvalue weighted by Gasteiger charge is 2.14. The van der Waals surface area contributed by atoms with Gasteiger partial charge in [-0.05, 0) is 23.8 Å². The van der Waals surface area contributed by atoms with E-state index in [1.54, 1.807) is 18.2 Å². The molecule has 0 aliphatic heterocycles. The van der Waals surface area contributed by atoms with Crippen LogP contribution in [0.25, 0.3) is 22.0 Å². The fourth-order valence-corrected chi connectivity index (χ4v) is 3.27. The van der Waals surface area contributed by atoms with Gasteiger partial charge < -0.3 is 5.32 Å². The second-order valence-corrected chi connectivity index (χ2v) is 7.06. The molecule has 4 aromatic rings. The molecule has 1 amide bonds. The molecule has 0 unspecified atom stereocenters. The Morgan fingerprint density at radius 2 is 1.55 bits per heavy atom. The number of benzene rings is 3.